The van der Waals surface area contributed by atoms with Crippen LogP contribution in [0.25, 0.3) is 11.1 Å². The summed E-state index contributed by atoms with van der Waals surface area (Å²) in [5.41, 5.74) is 8.33. The molecule has 0 radical (unpaired) electrons. The number of nitrogens with zero attached hydrogens (tertiary/aromatic N) is 3. The number of aromatic nitrogens is 2. The zero-order chi connectivity index (χ0) is 17.4. The highest BCUT2D eigenvalue weighted by Gasteiger charge is 2.37. The summed E-state index contributed by atoms with van der Waals surface area (Å²) in [5.74, 6) is 0.572. The van der Waals surface area contributed by atoms with Crippen molar-refractivity contribution in [2.45, 2.75) is 31.6 Å². The molecule has 1 saturated heterocycles. The van der Waals surface area contributed by atoms with Crippen molar-refractivity contribution < 1.29 is 9.18 Å². The number of amides is 1. The molecule has 1 saturated carbocycles. The van der Waals surface area contributed by atoms with Crippen LogP contribution in [0.3, 0.4) is 0 Å². The summed E-state index contributed by atoms with van der Waals surface area (Å²) in [6.07, 6.45) is 6.03. The lowest BCUT2D eigenvalue weighted by molar-refractivity contribution is -0.139. The zero-order valence-corrected chi connectivity index (χ0v) is 14.0. The van der Waals surface area contributed by atoms with E-state index in [1.54, 1.807) is 18.3 Å². The van der Waals surface area contributed by atoms with E-state index in [0.29, 0.717) is 13.1 Å². The average Bonchev–Trinajstić information content (AvgIpc) is 3.09. The molecule has 0 spiro atoms. The molecule has 1 amide bonds. The third kappa shape index (κ3) is 3.08. The van der Waals surface area contributed by atoms with Gasteiger partial charge in [0.15, 0.2) is 0 Å². The van der Waals surface area contributed by atoms with Crippen LogP contribution in [0.4, 0.5) is 10.3 Å². The molecule has 1 aliphatic heterocycles. The molecule has 0 bridgehead atoms. The summed E-state index contributed by atoms with van der Waals surface area (Å²) >= 11 is 0. The summed E-state index contributed by atoms with van der Waals surface area (Å²) in [6, 6.07) is 6.28. The third-order valence-electron chi connectivity index (χ3n) is 5.28. The van der Waals surface area contributed by atoms with Gasteiger partial charge >= 0.3 is 0 Å². The van der Waals surface area contributed by atoms with Crippen molar-refractivity contribution in [3.63, 3.8) is 0 Å². The minimum atomic E-state index is -0.279. The van der Waals surface area contributed by atoms with Crippen molar-refractivity contribution in [2.75, 3.05) is 18.8 Å². The lowest BCUT2D eigenvalue weighted by Crippen LogP contribution is -2.50. The maximum absolute atomic E-state index is 13.2. The Balaban J connectivity index is 1.54. The van der Waals surface area contributed by atoms with Crippen LogP contribution in [0, 0.1) is 11.7 Å². The smallest absolute Gasteiger partial charge is 0.225 e. The molecule has 5 nitrogen and oxygen atoms in total. The van der Waals surface area contributed by atoms with E-state index < -0.39 is 0 Å². The fourth-order valence-corrected chi connectivity index (χ4v) is 3.83. The van der Waals surface area contributed by atoms with Gasteiger partial charge in [-0.3, -0.25) is 4.79 Å². The first-order valence-corrected chi connectivity index (χ1v) is 8.79. The van der Waals surface area contributed by atoms with Gasteiger partial charge in [0.2, 0.25) is 11.9 Å². The van der Waals surface area contributed by atoms with Gasteiger partial charge in [-0.25, -0.2) is 14.4 Å². The number of nitrogens with two attached hydrogens (primary N) is 1. The second-order valence-electron chi connectivity index (χ2n) is 6.96. The topological polar surface area (TPSA) is 72.1 Å². The predicted molar refractivity (Wildman–Crippen MR) is 93.1 cm³/mol. The molecule has 4 rings (SSSR count). The number of carbonyl (C=O) groups is 1. The standard InChI is InChI=1S/C19H21FN4O/c20-15-7-5-12(6-8-15)16-9-22-19(21)23-17(16)14-10-24(11-14)18(25)13-3-1-2-4-13/h5-9,13-14H,1-4,10-11H2,(H2,21,22,23). The van der Waals surface area contributed by atoms with Crippen molar-refractivity contribution in [1.82, 2.24) is 14.9 Å². The normalized spacial score (nSPS) is 18.4. The lowest BCUT2D eigenvalue weighted by atomic mass is 9.89. The molecular weight excluding hydrogens is 319 g/mol. The van der Waals surface area contributed by atoms with Crippen LogP contribution in [-0.2, 0) is 4.79 Å². The van der Waals surface area contributed by atoms with E-state index in [0.717, 1.165) is 42.5 Å². The lowest BCUT2D eigenvalue weighted by Gasteiger charge is -2.41. The molecule has 0 atom stereocenters. The highest BCUT2D eigenvalue weighted by Crippen LogP contribution is 2.36. The Morgan fingerprint density at radius 2 is 1.84 bits per heavy atom. The van der Waals surface area contributed by atoms with Crippen LogP contribution in [0.15, 0.2) is 30.5 Å². The average molecular weight is 340 g/mol. The first-order valence-electron chi connectivity index (χ1n) is 8.79. The van der Waals surface area contributed by atoms with E-state index in [9.17, 15) is 9.18 Å². The van der Waals surface area contributed by atoms with Crippen molar-refractivity contribution >= 4 is 11.9 Å². The largest absolute Gasteiger partial charge is 0.368 e. The Bertz CT molecular complexity index is 781. The van der Waals surface area contributed by atoms with Crippen LogP contribution < -0.4 is 5.73 Å². The first kappa shape index (κ1) is 16.0. The summed E-state index contributed by atoms with van der Waals surface area (Å²) in [6.45, 7) is 1.33. The summed E-state index contributed by atoms with van der Waals surface area (Å²) < 4.78 is 13.2. The molecule has 130 valence electrons. The van der Waals surface area contributed by atoms with Gasteiger partial charge in [-0.2, -0.15) is 0 Å². The Morgan fingerprint density at radius 3 is 2.52 bits per heavy atom. The van der Waals surface area contributed by atoms with Crippen LogP contribution >= 0.6 is 0 Å². The number of likely N-dealkylation sites (tertiary alicyclic amines) is 1. The van der Waals surface area contributed by atoms with Crippen LogP contribution in [-0.4, -0.2) is 33.9 Å². The minimum Gasteiger partial charge on any atom is -0.368 e. The molecule has 2 heterocycles. The molecule has 2 fully saturated rings. The Kier molecular flexibility index (Phi) is 4.11. The maximum Gasteiger partial charge on any atom is 0.225 e. The van der Waals surface area contributed by atoms with E-state index in [1.807, 2.05) is 4.90 Å². The van der Waals surface area contributed by atoms with Gasteiger partial charge in [-0.15, -0.1) is 0 Å². The highest BCUT2D eigenvalue weighted by atomic mass is 19.1. The fourth-order valence-electron chi connectivity index (χ4n) is 3.83. The molecule has 25 heavy (non-hydrogen) atoms. The Morgan fingerprint density at radius 1 is 1.16 bits per heavy atom. The summed E-state index contributed by atoms with van der Waals surface area (Å²) in [5, 5.41) is 0. The van der Waals surface area contributed by atoms with Crippen molar-refractivity contribution in [3.8, 4) is 11.1 Å². The third-order valence-corrected chi connectivity index (χ3v) is 5.28. The van der Waals surface area contributed by atoms with Gasteiger partial charge in [0.25, 0.3) is 0 Å². The molecule has 2 aromatic rings. The van der Waals surface area contributed by atoms with E-state index in [4.69, 9.17) is 5.73 Å². The maximum atomic E-state index is 13.2. The minimum absolute atomic E-state index is 0.149. The molecule has 1 aliphatic carbocycles. The van der Waals surface area contributed by atoms with Gasteiger partial charge in [-0.05, 0) is 30.5 Å². The predicted octanol–water partition coefficient (Wildman–Crippen LogP) is 2.98. The van der Waals surface area contributed by atoms with E-state index in [-0.39, 0.29) is 29.5 Å². The number of halogens is 1. The van der Waals surface area contributed by atoms with Gasteiger partial charge in [0.05, 0.1) is 5.69 Å². The number of carbonyl (C=O) groups excluding carboxylic acids is 1. The van der Waals surface area contributed by atoms with Crippen molar-refractivity contribution in [2.24, 2.45) is 5.92 Å². The molecule has 2 N–H and O–H groups in total. The second kappa shape index (κ2) is 6.43. The number of rotatable bonds is 3. The molecule has 1 aromatic carbocycles. The second-order valence-corrected chi connectivity index (χ2v) is 6.96. The van der Waals surface area contributed by atoms with Crippen LogP contribution in [0.1, 0.15) is 37.3 Å². The summed E-state index contributed by atoms with van der Waals surface area (Å²) in [4.78, 5) is 22.9. The number of hydrogen-bond acceptors (Lipinski definition) is 4. The van der Waals surface area contributed by atoms with Crippen LogP contribution in [0.2, 0.25) is 0 Å². The van der Waals surface area contributed by atoms with E-state index in [1.165, 1.54) is 12.1 Å². The van der Waals surface area contributed by atoms with Gasteiger partial charge in [0, 0.05) is 36.7 Å². The van der Waals surface area contributed by atoms with Gasteiger partial charge < -0.3 is 10.6 Å². The monoisotopic (exact) mass is 340 g/mol. The molecule has 1 aromatic heterocycles. The Labute approximate surface area is 146 Å². The van der Waals surface area contributed by atoms with Gasteiger partial charge in [-0.1, -0.05) is 25.0 Å². The summed E-state index contributed by atoms with van der Waals surface area (Å²) in [7, 11) is 0. The molecule has 6 heteroatoms. The first-order chi connectivity index (χ1) is 12.1. The molecule has 2 aliphatic rings. The van der Waals surface area contributed by atoms with Crippen molar-refractivity contribution in [3.05, 3.63) is 42.0 Å². The SMILES string of the molecule is Nc1ncc(-c2ccc(F)cc2)c(C2CN(C(=O)C3CCCC3)C2)n1. The number of anilines is 1. The van der Waals surface area contributed by atoms with E-state index >= 15 is 0 Å². The van der Waals surface area contributed by atoms with Crippen LogP contribution in [0.5, 0.6) is 0 Å². The number of benzene rings is 1. The quantitative estimate of drug-likeness (QED) is 0.932. The molecule has 0 unspecified atom stereocenters. The van der Waals surface area contributed by atoms with Gasteiger partial charge in [0.1, 0.15) is 5.82 Å². The number of nitrogen functional groups attached to an aromatic ring is 1. The zero-order valence-electron chi connectivity index (χ0n) is 14.0. The highest BCUT2D eigenvalue weighted by molar-refractivity contribution is 5.80. The fraction of sp³-hybridized carbons (Fsp3) is 0.421. The van der Waals surface area contributed by atoms with E-state index in [2.05, 4.69) is 9.97 Å². The molecular formula is C19H21FN4O. The van der Waals surface area contributed by atoms with Crippen molar-refractivity contribution in [1.29, 1.82) is 0 Å². The Hall–Kier alpha value is -2.50. The number of hydrogen-bond donors (Lipinski definition) is 1.